The van der Waals surface area contributed by atoms with E-state index in [1.807, 2.05) is 7.05 Å². The van der Waals surface area contributed by atoms with Crippen molar-refractivity contribution in [1.82, 2.24) is 0 Å². The van der Waals surface area contributed by atoms with Gasteiger partial charge in [-0.1, -0.05) is 19.1 Å². The SMILES string of the molecule is CCCOCc1ccc(NC)cc1. The number of ether oxygens (including phenoxy) is 1. The van der Waals surface area contributed by atoms with Crippen molar-refractivity contribution >= 4 is 5.69 Å². The van der Waals surface area contributed by atoms with E-state index < -0.39 is 0 Å². The lowest BCUT2D eigenvalue weighted by Crippen LogP contribution is -1.94. The van der Waals surface area contributed by atoms with E-state index in [2.05, 4.69) is 36.5 Å². The highest BCUT2D eigenvalue weighted by Crippen LogP contribution is 2.09. The monoisotopic (exact) mass is 179 g/mol. The van der Waals surface area contributed by atoms with Gasteiger partial charge in [0.25, 0.3) is 0 Å². The minimum absolute atomic E-state index is 0.720. The van der Waals surface area contributed by atoms with E-state index in [1.54, 1.807) is 0 Å². The van der Waals surface area contributed by atoms with E-state index in [9.17, 15) is 0 Å². The Morgan fingerprint density at radius 2 is 1.92 bits per heavy atom. The second-order valence-corrected chi connectivity index (χ2v) is 3.00. The van der Waals surface area contributed by atoms with Crippen LogP contribution in [0.15, 0.2) is 24.3 Å². The number of hydrogen-bond acceptors (Lipinski definition) is 2. The van der Waals surface area contributed by atoms with Gasteiger partial charge >= 0.3 is 0 Å². The van der Waals surface area contributed by atoms with Crippen molar-refractivity contribution in [2.45, 2.75) is 20.0 Å². The highest BCUT2D eigenvalue weighted by atomic mass is 16.5. The summed E-state index contributed by atoms with van der Waals surface area (Å²) in [7, 11) is 1.92. The molecule has 1 aromatic carbocycles. The molecule has 1 rings (SSSR count). The zero-order chi connectivity index (χ0) is 9.52. The van der Waals surface area contributed by atoms with E-state index in [0.29, 0.717) is 0 Å². The van der Waals surface area contributed by atoms with Crippen molar-refractivity contribution in [3.63, 3.8) is 0 Å². The quantitative estimate of drug-likeness (QED) is 0.702. The molecule has 0 fully saturated rings. The molecular formula is C11H17NO. The lowest BCUT2D eigenvalue weighted by Gasteiger charge is -2.04. The maximum atomic E-state index is 5.42. The average Bonchev–Trinajstić information content (AvgIpc) is 2.19. The third-order valence-corrected chi connectivity index (χ3v) is 1.86. The largest absolute Gasteiger partial charge is 0.388 e. The van der Waals surface area contributed by atoms with Crippen molar-refractivity contribution in [2.75, 3.05) is 19.0 Å². The summed E-state index contributed by atoms with van der Waals surface area (Å²) in [6.45, 7) is 3.68. The van der Waals surface area contributed by atoms with Crippen LogP contribution < -0.4 is 5.32 Å². The van der Waals surface area contributed by atoms with Crippen molar-refractivity contribution in [3.8, 4) is 0 Å². The predicted octanol–water partition coefficient (Wildman–Crippen LogP) is 2.65. The van der Waals surface area contributed by atoms with Crippen molar-refractivity contribution in [1.29, 1.82) is 0 Å². The van der Waals surface area contributed by atoms with Crippen LogP contribution in [0.3, 0.4) is 0 Å². The molecule has 0 aliphatic rings. The van der Waals surface area contributed by atoms with Crippen LogP contribution in [0.25, 0.3) is 0 Å². The summed E-state index contributed by atoms with van der Waals surface area (Å²) in [5.41, 5.74) is 2.37. The molecule has 0 saturated heterocycles. The molecule has 0 aliphatic heterocycles. The maximum Gasteiger partial charge on any atom is 0.0716 e. The van der Waals surface area contributed by atoms with Crippen LogP contribution in [0.1, 0.15) is 18.9 Å². The smallest absolute Gasteiger partial charge is 0.0716 e. The molecule has 2 heteroatoms. The zero-order valence-corrected chi connectivity index (χ0v) is 8.34. The highest BCUT2D eigenvalue weighted by molar-refractivity contribution is 5.43. The zero-order valence-electron chi connectivity index (χ0n) is 8.34. The second kappa shape index (κ2) is 5.60. The number of rotatable bonds is 5. The van der Waals surface area contributed by atoms with E-state index in [-0.39, 0.29) is 0 Å². The van der Waals surface area contributed by atoms with Gasteiger partial charge in [0.1, 0.15) is 0 Å². The molecule has 0 aromatic heterocycles. The Bertz CT molecular complexity index is 230. The average molecular weight is 179 g/mol. The summed E-state index contributed by atoms with van der Waals surface area (Å²) >= 11 is 0. The van der Waals surface area contributed by atoms with Gasteiger partial charge in [0.2, 0.25) is 0 Å². The second-order valence-electron chi connectivity index (χ2n) is 3.00. The topological polar surface area (TPSA) is 21.3 Å². The number of hydrogen-bond donors (Lipinski definition) is 1. The molecule has 0 bridgehead atoms. The molecule has 1 N–H and O–H groups in total. The lowest BCUT2D eigenvalue weighted by molar-refractivity contribution is 0.121. The number of anilines is 1. The minimum atomic E-state index is 0.720. The fourth-order valence-corrected chi connectivity index (χ4v) is 1.10. The molecule has 0 spiro atoms. The third-order valence-electron chi connectivity index (χ3n) is 1.86. The van der Waals surface area contributed by atoms with Gasteiger partial charge in [0.15, 0.2) is 0 Å². The van der Waals surface area contributed by atoms with Crippen LogP contribution >= 0.6 is 0 Å². The molecule has 1 aromatic rings. The van der Waals surface area contributed by atoms with E-state index in [1.165, 1.54) is 5.56 Å². The molecule has 0 unspecified atom stereocenters. The molecule has 0 aliphatic carbocycles. The normalized spacial score (nSPS) is 10.0. The number of benzene rings is 1. The standard InChI is InChI=1S/C11H17NO/c1-3-8-13-9-10-4-6-11(12-2)7-5-10/h4-7,12H,3,8-9H2,1-2H3. The Labute approximate surface area is 79.9 Å². The highest BCUT2D eigenvalue weighted by Gasteiger charge is 1.92. The summed E-state index contributed by atoms with van der Waals surface area (Å²) in [4.78, 5) is 0. The molecule has 0 radical (unpaired) electrons. The minimum Gasteiger partial charge on any atom is -0.388 e. The van der Waals surface area contributed by atoms with Crippen molar-refractivity contribution in [2.24, 2.45) is 0 Å². The fraction of sp³-hybridized carbons (Fsp3) is 0.455. The third kappa shape index (κ3) is 3.47. The summed E-state index contributed by atoms with van der Waals surface area (Å²) in [5.74, 6) is 0. The van der Waals surface area contributed by atoms with Gasteiger partial charge in [-0.3, -0.25) is 0 Å². The van der Waals surface area contributed by atoms with E-state index >= 15 is 0 Å². The lowest BCUT2D eigenvalue weighted by atomic mass is 10.2. The summed E-state index contributed by atoms with van der Waals surface area (Å²) in [6, 6.07) is 8.29. The van der Waals surface area contributed by atoms with Gasteiger partial charge in [0, 0.05) is 19.3 Å². The van der Waals surface area contributed by atoms with Gasteiger partial charge in [-0.25, -0.2) is 0 Å². The van der Waals surface area contributed by atoms with E-state index in [4.69, 9.17) is 4.74 Å². The number of nitrogens with one attached hydrogen (secondary N) is 1. The molecule has 72 valence electrons. The Morgan fingerprint density at radius 3 is 2.46 bits per heavy atom. The Balaban J connectivity index is 2.40. The molecule has 0 amide bonds. The summed E-state index contributed by atoms with van der Waals surface area (Å²) < 4.78 is 5.42. The first-order valence-electron chi connectivity index (χ1n) is 4.71. The van der Waals surface area contributed by atoms with Crippen LogP contribution in [0.2, 0.25) is 0 Å². The maximum absolute atomic E-state index is 5.42. The van der Waals surface area contributed by atoms with E-state index in [0.717, 1.165) is 25.3 Å². The van der Waals surface area contributed by atoms with Gasteiger partial charge in [0.05, 0.1) is 6.61 Å². The Morgan fingerprint density at radius 1 is 1.23 bits per heavy atom. The van der Waals surface area contributed by atoms with Crippen LogP contribution in [0.5, 0.6) is 0 Å². The molecule has 2 nitrogen and oxygen atoms in total. The molecule has 0 atom stereocenters. The van der Waals surface area contributed by atoms with Crippen molar-refractivity contribution < 1.29 is 4.74 Å². The molecule has 0 heterocycles. The first kappa shape index (κ1) is 10.1. The van der Waals surface area contributed by atoms with Gasteiger partial charge in [-0.05, 0) is 24.1 Å². The van der Waals surface area contributed by atoms with Gasteiger partial charge in [-0.15, -0.1) is 0 Å². The van der Waals surface area contributed by atoms with Gasteiger partial charge < -0.3 is 10.1 Å². The van der Waals surface area contributed by atoms with Crippen molar-refractivity contribution in [3.05, 3.63) is 29.8 Å². The first-order valence-corrected chi connectivity index (χ1v) is 4.71. The van der Waals surface area contributed by atoms with Crippen LogP contribution in [0.4, 0.5) is 5.69 Å². The predicted molar refractivity (Wildman–Crippen MR) is 55.9 cm³/mol. The summed E-state index contributed by atoms with van der Waals surface area (Å²) in [5, 5.41) is 3.08. The molecule has 13 heavy (non-hydrogen) atoms. The summed E-state index contributed by atoms with van der Waals surface area (Å²) in [6.07, 6.45) is 1.08. The fourth-order valence-electron chi connectivity index (χ4n) is 1.10. The Kier molecular flexibility index (Phi) is 4.33. The molecular weight excluding hydrogens is 162 g/mol. The van der Waals surface area contributed by atoms with Crippen LogP contribution in [-0.4, -0.2) is 13.7 Å². The van der Waals surface area contributed by atoms with Crippen LogP contribution in [0, 0.1) is 0 Å². The van der Waals surface area contributed by atoms with Gasteiger partial charge in [-0.2, -0.15) is 0 Å². The Hall–Kier alpha value is -1.02. The molecule has 0 saturated carbocycles. The van der Waals surface area contributed by atoms with Crippen LogP contribution in [-0.2, 0) is 11.3 Å². The first-order chi connectivity index (χ1) is 6.36.